The van der Waals surface area contributed by atoms with E-state index < -0.39 is 5.97 Å². The number of hydrogen-bond acceptors (Lipinski definition) is 7. The van der Waals surface area contributed by atoms with Crippen molar-refractivity contribution in [1.29, 1.82) is 0 Å². The molecule has 0 aliphatic heterocycles. The largest absolute Gasteiger partial charge is 0.423 e. The van der Waals surface area contributed by atoms with Gasteiger partial charge in [0.25, 0.3) is 5.91 Å². The van der Waals surface area contributed by atoms with Crippen LogP contribution in [0.25, 0.3) is 16.5 Å². The Morgan fingerprint density at radius 1 is 0.921 bits per heavy atom. The molecular formula is C29H23N5O3S. The molecule has 1 amide bonds. The van der Waals surface area contributed by atoms with Gasteiger partial charge in [-0.25, -0.2) is 10.2 Å². The minimum absolute atomic E-state index is 0.130. The van der Waals surface area contributed by atoms with Gasteiger partial charge in [-0.2, -0.15) is 5.10 Å². The van der Waals surface area contributed by atoms with Crippen molar-refractivity contribution in [3.8, 4) is 11.4 Å². The molecule has 0 aliphatic carbocycles. The second-order valence-corrected chi connectivity index (χ2v) is 9.21. The zero-order chi connectivity index (χ0) is 26.3. The number of nitrogens with zero attached hydrogens (tertiary/aromatic N) is 4. The molecule has 0 saturated carbocycles. The number of esters is 1. The molecule has 0 saturated heterocycles. The number of para-hydroxylation sites is 1. The summed E-state index contributed by atoms with van der Waals surface area (Å²) in [6, 6.07) is 29.8. The summed E-state index contributed by atoms with van der Waals surface area (Å²) in [6.45, 7) is 1.87. The van der Waals surface area contributed by atoms with Crippen molar-refractivity contribution in [2.45, 2.75) is 12.1 Å². The number of aryl methyl sites for hydroxylation is 1. The maximum absolute atomic E-state index is 12.7. The van der Waals surface area contributed by atoms with E-state index in [-0.39, 0.29) is 11.7 Å². The summed E-state index contributed by atoms with van der Waals surface area (Å²) in [5, 5.41) is 14.8. The van der Waals surface area contributed by atoms with Gasteiger partial charge in [-0.05, 0) is 65.7 Å². The molecular weight excluding hydrogens is 498 g/mol. The van der Waals surface area contributed by atoms with E-state index in [1.165, 1.54) is 18.0 Å². The number of nitrogens with one attached hydrogen (secondary N) is 1. The first-order valence-corrected chi connectivity index (χ1v) is 12.8. The number of thioether (sulfide) groups is 1. The lowest BCUT2D eigenvalue weighted by molar-refractivity contribution is -0.118. The van der Waals surface area contributed by atoms with Crippen LogP contribution < -0.4 is 10.2 Å². The Balaban J connectivity index is 1.14. The summed E-state index contributed by atoms with van der Waals surface area (Å²) in [7, 11) is 0. The Bertz CT molecular complexity index is 1610. The molecule has 0 aliphatic rings. The van der Waals surface area contributed by atoms with Crippen LogP contribution >= 0.6 is 11.8 Å². The lowest BCUT2D eigenvalue weighted by atomic mass is 10.0. The molecule has 1 heterocycles. The second-order valence-electron chi connectivity index (χ2n) is 8.27. The molecule has 8 nitrogen and oxygen atoms in total. The van der Waals surface area contributed by atoms with Crippen LogP contribution in [-0.4, -0.2) is 38.6 Å². The standard InChI is InChI=1S/C29H23N5O3S/c1-20-31-33-29(34(20)23-10-3-2-4-11-23)38-19-27(35)32-30-18-21-14-16-24(17-15-21)37-28(36)26-13-7-9-22-8-5-6-12-25(22)26/h2-18H,19H2,1H3,(H,32,35)/b30-18+. The van der Waals surface area contributed by atoms with Gasteiger partial charge < -0.3 is 4.74 Å². The van der Waals surface area contributed by atoms with Crippen molar-refractivity contribution in [3.63, 3.8) is 0 Å². The predicted molar refractivity (Wildman–Crippen MR) is 148 cm³/mol. The summed E-state index contributed by atoms with van der Waals surface area (Å²) in [5.74, 6) is 0.589. The smallest absolute Gasteiger partial charge is 0.344 e. The monoisotopic (exact) mass is 521 g/mol. The van der Waals surface area contributed by atoms with E-state index in [9.17, 15) is 9.59 Å². The van der Waals surface area contributed by atoms with E-state index in [2.05, 4.69) is 20.7 Å². The average molecular weight is 522 g/mol. The van der Waals surface area contributed by atoms with Gasteiger partial charge in [-0.1, -0.05) is 66.4 Å². The molecule has 0 atom stereocenters. The summed E-state index contributed by atoms with van der Waals surface area (Å²) < 4.78 is 7.45. The topological polar surface area (TPSA) is 98.5 Å². The molecule has 4 aromatic carbocycles. The number of hydrazone groups is 1. The third-order valence-corrected chi connectivity index (χ3v) is 6.57. The highest BCUT2D eigenvalue weighted by atomic mass is 32.2. The average Bonchev–Trinajstić information content (AvgIpc) is 3.33. The van der Waals surface area contributed by atoms with Crippen LogP contribution in [0.2, 0.25) is 0 Å². The van der Waals surface area contributed by atoms with Crippen molar-refractivity contribution in [1.82, 2.24) is 20.2 Å². The van der Waals surface area contributed by atoms with Gasteiger partial charge in [-0.15, -0.1) is 10.2 Å². The first-order valence-electron chi connectivity index (χ1n) is 11.8. The van der Waals surface area contributed by atoms with Crippen LogP contribution in [0.5, 0.6) is 5.75 Å². The fourth-order valence-electron chi connectivity index (χ4n) is 3.84. The van der Waals surface area contributed by atoms with E-state index in [4.69, 9.17) is 4.74 Å². The minimum atomic E-state index is -0.425. The SMILES string of the molecule is Cc1nnc(SCC(=O)N/N=C/c2ccc(OC(=O)c3cccc4ccccc34)cc2)n1-c1ccccc1. The molecule has 0 fully saturated rings. The minimum Gasteiger partial charge on any atom is -0.423 e. The van der Waals surface area contributed by atoms with Gasteiger partial charge in [-0.3, -0.25) is 9.36 Å². The highest BCUT2D eigenvalue weighted by Gasteiger charge is 2.14. The summed E-state index contributed by atoms with van der Waals surface area (Å²) in [4.78, 5) is 25.0. The van der Waals surface area contributed by atoms with E-state index in [1.807, 2.05) is 78.2 Å². The maximum Gasteiger partial charge on any atom is 0.344 e. The lowest BCUT2D eigenvalue weighted by Crippen LogP contribution is -2.20. The Kier molecular flexibility index (Phi) is 7.56. The van der Waals surface area contributed by atoms with Crippen LogP contribution in [0, 0.1) is 6.92 Å². The van der Waals surface area contributed by atoms with Gasteiger partial charge in [0.15, 0.2) is 5.16 Å². The Hall–Kier alpha value is -4.76. The summed E-state index contributed by atoms with van der Waals surface area (Å²) >= 11 is 1.28. The zero-order valence-electron chi connectivity index (χ0n) is 20.4. The van der Waals surface area contributed by atoms with Crippen molar-refractivity contribution < 1.29 is 14.3 Å². The van der Waals surface area contributed by atoms with Crippen LogP contribution in [0.1, 0.15) is 21.7 Å². The quantitative estimate of drug-likeness (QED) is 0.0992. The molecule has 9 heteroatoms. The Labute approximate surface area is 223 Å². The van der Waals surface area contributed by atoms with E-state index in [0.29, 0.717) is 16.5 Å². The first-order chi connectivity index (χ1) is 18.6. The van der Waals surface area contributed by atoms with Crippen LogP contribution in [-0.2, 0) is 4.79 Å². The molecule has 38 heavy (non-hydrogen) atoms. The molecule has 0 unspecified atom stereocenters. The summed E-state index contributed by atoms with van der Waals surface area (Å²) in [5.41, 5.74) is 4.70. The third-order valence-electron chi connectivity index (χ3n) is 5.64. The van der Waals surface area contributed by atoms with Crippen LogP contribution in [0.15, 0.2) is 107 Å². The normalized spacial score (nSPS) is 11.1. The number of carbonyl (C=O) groups is 2. The number of hydrogen-bond donors (Lipinski definition) is 1. The number of ether oxygens (including phenoxy) is 1. The number of carbonyl (C=O) groups excluding carboxylic acids is 2. The molecule has 5 rings (SSSR count). The fraction of sp³-hybridized carbons (Fsp3) is 0.0690. The third kappa shape index (κ3) is 5.79. The predicted octanol–water partition coefficient (Wildman–Crippen LogP) is 5.19. The first kappa shape index (κ1) is 24.9. The molecule has 5 aromatic rings. The van der Waals surface area contributed by atoms with E-state index >= 15 is 0 Å². The van der Waals surface area contributed by atoms with Crippen LogP contribution in [0.3, 0.4) is 0 Å². The van der Waals surface area contributed by atoms with Gasteiger partial charge in [0.05, 0.1) is 17.5 Å². The molecule has 1 aromatic heterocycles. The molecule has 188 valence electrons. The van der Waals surface area contributed by atoms with Gasteiger partial charge in [0.1, 0.15) is 11.6 Å². The number of rotatable bonds is 8. The highest BCUT2D eigenvalue weighted by molar-refractivity contribution is 7.99. The second kappa shape index (κ2) is 11.5. The van der Waals surface area contributed by atoms with Crippen LogP contribution in [0.4, 0.5) is 0 Å². The Morgan fingerprint density at radius 3 is 2.47 bits per heavy atom. The lowest BCUT2D eigenvalue weighted by Gasteiger charge is -2.08. The van der Waals surface area contributed by atoms with Gasteiger partial charge in [0.2, 0.25) is 0 Å². The van der Waals surface area contributed by atoms with Gasteiger partial charge >= 0.3 is 5.97 Å². The zero-order valence-corrected chi connectivity index (χ0v) is 21.3. The van der Waals surface area contributed by atoms with Crippen molar-refractivity contribution in [3.05, 3.63) is 114 Å². The van der Waals surface area contributed by atoms with Gasteiger partial charge in [0, 0.05) is 5.69 Å². The van der Waals surface area contributed by atoms with E-state index in [0.717, 1.165) is 27.8 Å². The van der Waals surface area contributed by atoms with E-state index in [1.54, 1.807) is 30.3 Å². The molecule has 1 N–H and O–H groups in total. The van der Waals surface area contributed by atoms with Crippen molar-refractivity contribution in [2.75, 3.05) is 5.75 Å². The number of benzene rings is 4. The molecule has 0 spiro atoms. The Morgan fingerprint density at radius 2 is 1.66 bits per heavy atom. The maximum atomic E-state index is 12.7. The highest BCUT2D eigenvalue weighted by Crippen LogP contribution is 2.22. The number of fused-ring (bicyclic) bond motifs is 1. The fourth-order valence-corrected chi connectivity index (χ4v) is 4.63. The molecule has 0 bridgehead atoms. The number of aromatic nitrogens is 3. The summed E-state index contributed by atoms with van der Waals surface area (Å²) in [6.07, 6.45) is 1.52. The van der Waals surface area contributed by atoms with Crippen molar-refractivity contribution in [2.24, 2.45) is 5.10 Å². The molecule has 0 radical (unpaired) electrons. The number of amides is 1. The van der Waals surface area contributed by atoms with Crippen molar-refractivity contribution >= 4 is 40.6 Å².